The van der Waals surface area contributed by atoms with Crippen LogP contribution in [0.4, 0.5) is 21.7 Å². The van der Waals surface area contributed by atoms with Crippen molar-refractivity contribution in [1.82, 2.24) is 9.97 Å². The Bertz CT molecular complexity index is 1180. The predicted molar refractivity (Wildman–Crippen MR) is 119 cm³/mol. The highest BCUT2D eigenvalue weighted by Gasteiger charge is 2.08. The molecular formula is C23H16BrFN4O. The first-order chi connectivity index (χ1) is 14.6. The number of amides is 1. The van der Waals surface area contributed by atoms with Crippen molar-refractivity contribution in [2.45, 2.75) is 0 Å². The van der Waals surface area contributed by atoms with Gasteiger partial charge in [0, 0.05) is 39.4 Å². The summed E-state index contributed by atoms with van der Waals surface area (Å²) in [4.78, 5) is 21.1. The summed E-state index contributed by atoms with van der Waals surface area (Å²) in [5.41, 5.74) is 3.50. The van der Waals surface area contributed by atoms with Gasteiger partial charge in [0.1, 0.15) is 5.82 Å². The van der Waals surface area contributed by atoms with Gasteiger partial charge < -0.3 is 10.6 Å². The maximum atomic E-state index is 13.1. The Morgan fingerprint density at radius 2 is 1.53 bits per heavy atom. The number of nitrogens with one attached hydrogen (secondary N) is 2. The van der Waals surface area contributed by atoms with Crippen molar-refractivity contribution in [3.05, 3.63) is 101 Å². The second-order valence-corrected chi connectivity index (χ2v) is 7.39. The van der Waals surface area contributed by atoms with Crippen LogP contribution in [0.5, 0.6) is 0 Å². The fourth-order valence-corrected chi connectivity index (χ4v) is 3.22. The molecule has 3 aromatic carbocycles. The average molecular weight is 463 g/mol. The number of nitrogens with zero attached hydrogens (tertiary/aromatic N) is 2. The molecule has 30 heavy (non-hydrogen) atoms. The zero-order chi connectivity index (χ0) is 20.9. The van der Waals surface area contributed by atoms with Crippen LogP contribution >= 0.6 is 15.9 Å². The summed E-state index contributed by atoms with van der Waals surface area (Å²) in [5, 5.41) is 5.96. The Morgan fingerprint density at radius 3 is 2.27 bits per heavy atom. The van der Waals surface area contributed by atoms with E-state index in [2.05, 4.69) is 36.5 Å². The fourth-order valence-electron chi connectivity index (χ4n) is 2.82. The summed E-state index contributed by atoms with van der Waals surface area (Å²) < 4.78 is 14.0. The predicted octanol–water partition coefficient (Wildman–Crippen LogP) is 6.04. The molecule has 1 aromatic heterocycles. The molecule has 0 atom stereocenters. The van der Waals surface area contributed by atoms with E-state index in [1.54, 1.807) is 42.7 Å². The molecule has 1 heterocycles. The Hall–Kier alpha value is -3.58. The van der Waals surface area contributed by atoms with Crippen LogP contribution in [0.15, 0.2) is 89.7 Å². The lowest BCUT2D eigenvalue weighted by atomic mass is 10.1. The third kappa shape index (κ3) is 4.87. The summed E-state index contributed by atoms with van der Waals surface area (Å²) in [6, 6.07) is 20.6. The van der Waals surface area contributed by atoms with Crippen molar-refractivity contribution >= 4 is 39.2 Å². The van der Waals surface area contributed by atoms with Gasteiger partial charge in [-0.05, 0) is 54.1 Å². The number of halogens is 2. The molecule has 0 aliphatic carbocycles. The van der Waals surface area contributed by atoms with Gasteiger partial charge in [-0.3, -0.25) is 4.79 Å². The number of hydrogen-bond acceptors (Lipinski definition) is 4. The smallest absolute Gasteiger partial charge is 0.255 e. The van der Waals surface area contributed by atoms with E-state index in [9.17, 15) is 9.18 Å². The number of carbonyl (C=O) groups is 1. The molecule has 0 spiro atoms. The van der Waals surface area contributed by atoms with Crippen molar-refractivity contribution in [1.29, 1.82) is 0 Å². The second kappa shape index (κ2) is 8.84. The van der Waals surface area contributed by atoms with Crippen LogP contribution in [-0.2, 0) is 0 Å². The van der Waals surface area contributed by atoms with Gasteiger partial charge in [0.05, 0.1) is 0 Å². The molecule has 4 rings (SSSR count). The van der Waals surface area contributed by atoms with Gasteiger partial charge in [-0.2, -0.15) is 0 Å². The molecular weight excluding hydrogens is 447 g/mol. The minimum Gasteiger partial charge on any atom is -0.324 e. The van der Waals surface area contributed by atoms with Crippen LogP contribution in [0, 0.1) is 5.82 Å². The number of anilines is 3. The second-order valence-electron chi connectivity index (χ2n) is 6.47. The van der Waals surface area contributed by atoms with E-state index in [-0.39, 0.29) is 11.7 Å². The first-order valence-corrected chi connectivity index (χ1v) is 9.88. The number of benzene rings is 3. The Kier molecular flexibility index (Phi) is 5.81. The topological polar surface area (TPSA) is 66.9 Å². The lowest BCUT2D eigenvalue weighted by Gasteiger charge is -2.09. The average Bonchev–Trinajstić information content (AvgIpc) is 2.75. The first kappa shape index (κ1) is 19.7. The molecule has 0 saturated carbocycles. The lowest BCUT2D eigenvalue weighted by Crippen LogP contribution is -2.12. The summed E-state index contributed by atoms with van der Waals surface area (Å²) in [6.07, 6.45) is 3.32. The van der Waals surface area contributed by atoms with E-state index in [4.69, 9.17) is 0 Å². The van der Waals surface area contributed by atoms with Crippen LogP contribution in [0.25, 0.3) is 11.1 Å². The van der Waals surface area contributed by atoms with E-state index >= 15 is 0 Å². The van der Waals surface area contributed by atoms with Crippen molar-refractivity contribution in [3.8, 4) is 11.1 Å². The summed E-state index contributed by atoms with van der Waals surface area (Å²) >= 11 is 3.39. The highest BCUT2D eigenvalue weighted by molar-refractivity contribution is 9.10. The molecule has 0 aliphatic rings. The van der Waals surface area contributed by atoms with E-state index in [0.29, 0.717) is 22.9 Å². The standard InChI is InChI=1S/C23H16BrFN4O/c24-18-4-2-6-21(12-18)28-22(30)16-3-1-5-20(11-16)29-23-26-13-17(14-27-23)15-7-9-19(25)10-8-15/h1-14H,(H,28,30)(H,26,27,29). The highest BCUT2D eigenvalue weighted by Crippen LogP contribution is 2.21. The number of carbonyl (C=O) groups excluding carboxylic acids is 1. The zero-order valence-corrected chi connectivity index (χ0v) is 17.2. The van der Waals surface area contributed by atoms with E-state index in [1.165, 1.54) is 12.1 Å². The first-order valence-electron chi connectivity index (χ1n) is 9.09. The Balaban J connectivity index is 1.46. The summed E-state index contributed by atoms with van der Waals surface area (Å²) in [5.74, 6) is -0.114. The van der Waals surface area contributed by atoms with Gasteiger partial charge in [-0.15, -0.1) is 0 Å². The van der Waals surface area contributed by atoms with Crippen molar-refractivity contribution < 1.29 is 9.18 Å². The fraction of sp³-hybridized carbons (Fsp3) is 0. The number of hydrogen-bond donors (Lipinski definition) is 2. The van der Waals surface area contributed by atoms with Gasteiger partial charge in [0.15, 0.2) is 0 Å². The van der Waals surface area contributed by atoms with Crippen LogP contribution in [0.3, 0.4) is 0 Å². The third-order valence-electron chi connectivity index (χ3n) is 4.29. The third-order valence-corrected chi connectivity index (χ3v) is 4.79. The molecule has 7 heteroatoms. The largest absolute Gasteiger partial charge is 0.324 e. The SMILES string of the molecule is O=C(Nc1cccc(Br)c1)c1cccc(Nc2ncc(-c3ccc(F)cc3)cn2)c1. The monoisotopic (exact) mass is 462 g/mol. The normalized spacial score (nSPS) is 10.5. The Morgan fingerprint density at radius 1 is 0.833 bits per heavy atom. The molecule has 0 radical (unpaired) electrons. The van der Waals surface area contributed by atoms with E-state index in [0.717, 1.165) is 15.6 Å². The quantitative estimate of drug-likeness (QED) is 0.379. The molecule has 5 nitrogen and oxygen atoms in total. The van der Waals surface area contributed by atoms with Gasteiger partial charge >= 0.3 is 0 Å². The molecule has 0 saturated heterocycles. The van der Waals surface area contributed by atoms with Crippen molar-refractivity contribution in [2.75, 3.05) is 10.6 Å². The van der Waals surface area contributed by atoms with Gasteiger partial charge in [-0.1, -0.05) is 40.2 Å². The lowest BCUT2D eigenvalue weighted by molar-refractivity contribution is 0.102. The van der Waals surface area contributed by atoms with E-state index < -0.39 is 0 Å². The maximum Gasteiger partial charge on any atom is 0.255 e. The van der Waals surface area contributed by atoms with Gasteiger partial charge in [0.25, 0.3) is 5.91 Å². The molecule has 0 unspecified atom stereocenters. The molecule has 1 amide bonds. The van der Waals surface area contributed by atoms with Crippen LogP contribution in [0.1, 0.15) is 10.4 Å². The number of rotatable bonds is 5. The molecule has 0 aliphatic heterocycles. The molecule has 0 bridgehead atoms. The van der Waals surface area contributed by atoms with Gasteiger partial charge in [0.2, 0.25) is 5.95 Å². The molecule has 148 valence electrons. The maximum absolute atomic E-state index is 13.1. The molecule has 4 aromatic rings. The van der Waals surface area contributed by atoms with Crippen molar-refractivity contribution in [3.63, 3.8) is 0 Å². The van der Waals surface area contributed by atoms with Crippen molar-refractivity contribution in [2.24, 2.45) is 0 Å². The van der Waals surface area contributed by atoms with E-state index in [1.807, 2.05) is 30.3 Å². The number of aromatic nitrogens is 2. The van der Waals surface area contributed by atoms with Gasteiger partial charge in [-0.25, -0.2) is 14.4 Å². The Labute approximate surface area is 181 Å². The zero-order valence-electron chi connectivity index (χ0n) is 15.6. The van der Waals surface area contributed by atoms with Crippen LogP contribution in [0.2, 0.25) is 0 Å². The summed E-state index contributed by atoms with van der Waals surface area (Å²) in [6.45, 7) is 0. The van der Waals surface area contributed by atoms with Crippen LogP contribution in [-0.4, -0.2) is 15.9 Å². The van der Waals surface area contributed by atoms with Crippen LogP contribution < -0.4 is 10.6 Å². The molecule has 0 fully saturated rings. The summed E-state index contributed by atoms with van der Waals surface area (Å²) in [7, 11) is 0. The minimum atomic E-state index is -0.290. The highest BCUT2D eigenvalue weighted by atomic mass is 79.9. The minimum absolute atomic E-state index is 0.218. The molecule has 2 N–H and O–H groups in total.